The molecule has 8 nitrogen and oxygen atoms in total. The number of carbonyl (C=O) groups excluding carboxylic acids is 1. The normalized spacial score (nSPS) is 10.9. The van der Waals surface area contributed by atoms with Crippen LogP contribution in [0.1, 0.15) is 16.1 Å². The lowest BCUT2D eigenvalue weighted by atomic mass is 10.1. The first kappa shape index (κ1) is 19.2. The molecule has 0 bridgehead atoms. The average Bonchev–Trinajstić information content (AvgIpc) is 3.39. The van der Waals surface area contributed by atoms with Crippen LogP contribution in [-0.2, 0) is 6.54 Å². The van der Waals surface area contributed by atoms with E-state index in [2.05, 4.69) is 30.3 Å². The molecule has 10 heteroatoms. The second-order valence-electron chi connectivity index (χ2n) is 6.28. The maximum atomic E-state index is 12.4. The molecule has 30 heavy (non-hydrogen) atoms. The average molecular weight is 410 g/mol. The fraction of sp³-hybridized carbons (Fsp3) is 0.100. The predicted molar refractivity (Wildman–Crippen MR) is 104 cm³/mol. The van der Waals surface area contributed by atoms with Crippen molar-refractivity contribution in [1.82, 2.24) is 25.0 Å². The van der Waals surface area contributed by atoms with Crippen LogP contribution in [0, 0.1) is 0 Å². The van der Waals surface area contributed by atoms with Gasteiger partial charge < -0.3 is 4.74 Å². The van der Waals surface area contributed by atoms with Crippen LogP contribution >= 0.6 is 0 Å². The van der Waals surface area contributed by atoms with Gasteiger partial charge in [0.1, 0.15) is 17.8 Å². The van der Waals surface area contributed by atoms with Gasteiger partial charge in [0, 0.05) is 5.56 Å². The molecule has 4 rings (SSSR count). The summed E-state index contributed by atoms with van der Waals surface area (Å²) in [5.41, 5.74) is 2.38. The monoisotopic (exact) mass is 410 g/mol. The molecule has 2 N–H and O–H groups in total. The summed E-state index contributed by atoms with van der Waals surface area (Å²) < 4.78 is 30.4. The predicted octanol–water partition coefficient (Wildman–Crippen LogP) is 3.57. The summed E-state index contributed by atoms with van der Waals surface area (Å²) in [6, 6.07) is 17.2. The van der Waals surface area contributed by atoms with Gasteiger partial charge in [0.25, 0.3) is 5.91 Å². The number of aromatic amines is 1. The van der Waals surface area contributed by atoms with Gasteiger partial charge in [-0.15, -0.1) is 5.10 Å². The third-order valence-electron chi connectivity index (χ3n) is 4.15. The lowest BCUT2D eigenvalue weighted by Gasteiger charge is -2.04. The van der Waals surface area contributed by atoms with Crippen LogP contribution in [0.2, 0.25) is 0 Å². The SMILES string of the molecule is O=C(Nc1ncn(Cc2ccccc2)n1)c1cc(-c2ccc(OC(F)F)cc2)n[nH]1. The molecule has 4 aromatic rings. The van der Waals surface area contributed by atoms with Gasteiger partial charge in [-0.25, -0.2) is 9.67 Å². The van der Waals surface area contributed by atoms with Crippen molar-refractivity contribution in [3.8, 4) is 17.0 Å². The number of halogens is 2. The van der Waals surface area contributed by atoms with E-state index in [1.165, 1.54) is 18.5 Å². The molecule has 2 heterocycles. The van der Waals surface area contributed by atoms with Crippen LogP contribution in [0.3, 0.4) is 0 Å². The van der Waals surface area contributed by atoms with Gasteiger partial charge in [-0.3, -0.25) is 15.2 Å². The number of benzene rings is 2. The van der Waals surface area contributed by atoms with E-state index in [1.54, 1.807) is 22.9 Å². The topological polar surface area (TPSA) is 97.7 Å². The van der Waals surface area contributed by atoms with Crippen molar-refractivity contribution in [3.05, 3.63) is 78.2 Å². The molecule has 0 aliphatic heterocycles. The van der Waals surface area contributed by atoms with E-state index in [-0.39, 0.29) is 17.4 Å². The second-order valence-corrected chi connectivity index (χ2v) is 6.28. The minimum atomic E-state index is -2.89. The third-order valence-corrected chi connectivity index (χ3v) is 4.15. The van der Waals surface area contributed by atoms with Gasteiger partial charge in [-0.05, 0) is 35.9 Å². The number of alkyl halides is 2. The van der Waals surface area contributed by atoms with Crippen molar-refractivity contribution in [2.75, 3.05) is 5.32 Å². The van der Waals surface area contributed by atoms with Crippen molar-refractivity contribution >= 4 is 11.9 Å². The van der Waals surface area contributed by atoms with Crippen LogP contribution in [0.25, 0.3) is 11.3 Å². The lowest BCUT2D eigenvalue weighted by Crippen LogP contribution is -2.14. The Hall–Kier alpha value is -4.08. The van der Waals surface area contributed by atoms with Gasteiger partial charge in [-0.1, -0.05) is 30.3 Å². The molecule has 0 aliphatic carbocycles. The van der Waals surface area contributed by atoms with Crippen molar-refractivity contribution in [1.29, 1.82) is 0 Å². The maximum absolute atomic E-state index is 12.4. The number of amides is 1. The van der Waals surface area contributed by atoms with Crippen LogP contribution in [0.15, 0.2) is 67.0 Å². The van der Waals surface area contributed by atoms with Gasteiger partial charge in [0.2, 0.25) is 5.95 Å². The first-order valence-corrected chi connectivity index (χ1v) is 8.92. The molecule has 0 saturated heterocycles. The van der Waals surface area contributed by atoms with Gasteiger partial charge in [-0.2, -0.15) is 13.9 Å². The van der Waals surface area contributed by atoms with Gasteiger partial charge in [0.15, 0.2) is 0 Å². The van der Waals surface area contributed by atoms with E-state index in [9.17, 15) is 13.6 Å². The summed E-state index contributed by atoms with van der Waals surface area (Å²) in [4.78, 5) is 16.5. The fourth-order valence-corrected chi connectivity index (χ4v) is 2.76. The molecule has 0 radical (unpaired) electrons. The standard InChI is InChI=1S/C20H16F2N6O2/c21-19(22)30-15-8-6-14(7-9-15)16-10-17(26-25-16)18(29)24-20-23-12-28(27-20)11-13-4-2-1-3-5-13/h1-10,12,19H,11H2,(H,25,26)(H,24,27,29). The van der Waals surface area contributed by atoms with E-state index in [0.717, 1.165) is 5.56 Å². The van der Waals surface area contributed by atoms with E-state index in [0.29, 0.717) is 17.8 Å². The number of hydrogen-bond donors (Lipinski definition) is 2. The van der Waals surface area contributed by atoms with E-state index >= 15 is 0 Å². The number of aromatic nitrogens is 5. The van der Waals surface area contributed by atoms with Crippen LogP contribution < -0.4 is 10.1 Å². The molecule has 0 fully saturated rings. The minimum absolute atomic E-state index is 0.0411. The molecule has 0 atom stereocenters. The Morgan fingerprint density at radius 2 is 1.90 bits per heavy atom. The Kier molecular flexibility index (Phi) is 5.46. The molecule has 2 aromatic heterocycles. The summed E-state index contributed by atoms with van der Waals surface area (Å²) in [6.45, 7) is -2.36. The smallest absolute Gasteiger partial charge is 0.387 e. The highest BCUT2D eigenvalue weighted by molar-refractivity contribution is 6.02. The number of hydrogen-bond acceptors (Lipinski definition) is 5. The second kappa shape index (κ2) is 8.52. The Morgan fingerprint density at radius 3 is 2.63 bits per heavy atom. The van der Waals surface area contributed by atoms with Crippen LogP contribution in [-0.4, -0.2) is 37.5 Å². The van der Waals surface area contributed by atoms with E-state index in [4.69, 9.17) is 0 Å². The minimum Gasteiger partial charge on any atom is -0.435 e. The van der Waals surface area contributed by atoms with Crippen molar-refractivity contribution < 1.29 is 18.3 Å². The molecule has 2 aromatic carbocycles. The molecule has 0 saturated carbocycles. The van der Waals surface area contributed by atoms with Gasteiger partial charge in [0.05, 0.1) is 12.2 Å². The highest BCUT2D eigenvalue weighted by Gasteiger charge is 2.14. The number of anilines is 1. The number of H-pyrrole nitrogens is 1. The summed E-state index contributed by atoms with van der Waals surface area (Å²) in [5.74, 6) is -0.246. The largest absolute Gasteiger partial charge is 0.435 e. The summed E-state index contributed by atoms with van der Waals surface area (Å²) in [5, 5.41) is 13.6. The number of carbonyl (C=O) groups is 1. The molecule has 152 valence electrons. The molecular weight excluding hydrogens is 394 g/mol. The Morgan fingerprint density at radius 1 is 1.13 bits per heavy atom. The van der Waals surface area contributed by atoms with Crippen molar-refractivity contribution in [2.45, 2.75) is 13.2 Å². The van der Waals surface area contributed by atoms with Crippen LogP contribution in [0.4, 0.5) is 14.7 Å². The zero-order valence-corrected chi connectivity index (χ0v) is 15.5. The van der Waals surface area contributed by atoms with Crippen molar-refractivity contribution in [2.24, 2.45) is 0 Å². The third kappa shape index (κ3) is 4.66. The molecule has 0 unspecified atom stereocenters. The molecule has 0 spiro atoms. The summed E-state index contributed by atoms with van der Waals surface area (Å²) in [7, 11) is 0. The number of ether oxygens (including phenoxy) is 1. The number of rotatable bonds is 7. The van der Waals surface area contributed by atoms with Crippen molar-refractivity contribution in [3.63, 3.8) is 0 Å². The lowest BCUT2D eigenvalue weighted by molar-refractivity contribution is -0.0498. The fourth-order valence-electron chi connectivity index (χ4n) is 2.76. The van der Waals surface area contributed by atoms with Gasteiger partial charge >= 0.3 is 6.61 Å². The molecular formula is C20H16F2N6O2. The quantitative estimate of drug-likeness (QED) is 0.485. The zero-order valence-electron chi connectivity index (χ0n) is 15.5. The Balaban J connectivity index is 1.40. The Bertz CT molecular complexity index is 1130. The Labute approximate surface area is 169 Å². The van der Waals surface area contributed by atoms with E-state index < -0.39 is 12.5 Å². The zero-order chi connectivity index (χ0) is 20.9. The molecule has 0 aliphatic rings. The highest BCUT2D eigenvalue weighted by atomic mass is 19.3. The number of nitrogens with zero attached hydrogens (tertiary/aromatic N) is 4. The number of nitrogens with one attached hydrogen (secondary N) is 2. The van der Waals surface area contributed by atoms with Crippen LogP contribution in [0.5, 0.6) is 5.75 Å². The highest BCUT2D eigenvalue weighted by Crippen LogP contribution is 2.22. The molecule has 1 amide bonds. The van der Waals surface area contributed by atoms with E-state index in [1.807, 2.05) is 30.3 Å². The summed E-state index contributed by atoms with van der Waals surface area (Å²) in [6.07, 6.45) is 1.53. The first-order chi connectivity index (χ1) is 14.6. The first-order valence-electron chi connectivity index (χ1n) is 8.92. The summed E-state index contributed by atoms with van der Waals surface area (Å²) >= 11 is 0. The maximum Gasteiger partial charge on any atom is 0.387 e.